The molecule has 1 amide bonds. The third kappa shape index (κ3) is 5.81. The monoisotopic (exact) mass is 559 g/mol. The molecule has 0 saturated heterocycles. The van der Waals surface area contributed by atoms with E-state index in [1.54, 1.807) is 42.1 Å². The van der Waals surface area contributed by atoms with Crippen LogP contribution in [0.4, 0.5) is 16.0 Å². The fourth-order valence-electron chi connectivity index (χ4n) is 4.52. The van der Waals surface area contributed by atoms with E-state index in [1.165, 1.54) is 17.8 Å². The zero-order valence-corrected chi connectivity index (χ0v) is 23.5. The Bertz CT molecular complexity index is 1570. The number of anilines is 2. The van der Waals surface area contributed by atoms with Crippen LogP contribution in [0.15, 0.2) is 89.2 Å². The molecule has 1 aliphatic heterocycles. The Morgan fingerprint density at radius 1 is 1.12 bits per heavy atom. The molecule has 8 nitrogen and oxygen atoms in total. The molecule has 0 spiro atoms. The molecule has 0 aliphatic carbocycles. The maximum absolute atomic E-state index is 14.2. The van der Waals surface area contributed by atoms with Gasteiger partial charge in [-0.3, -0.25) is 4.79 Å². The first kappa shape index (κ1) is 27.3. The van der Waals surface area contributed by atoms with Crippen LogP contribution in [-0.4, -0.2) is 33.9 Å². The second kappa shape index (κ2) is 11.8. The minimum Gasteiger partial charge on any atom is -0.495 e. The molecule has 5 rings (SSSR count). The SMILES string of the molecule is COc1ccccc1NC(=O)C1=C(C)Nc2nc(SCc3ccccc3F)nn2C1c1cccc(OC(C)C)c1. The molecule has 0 bridgehead atoms. The van der Waals surface area contributed by atoms with Crippen molar-refractivity contribution < 1.29 is 18.7 Å². The first-order valence-electron chi connectivity index (χ1n) is 12.9. The van der Waals surface area contributed by atoms with Gasteiger partial charge in [0, 0.05) is 11.4 Å². The third-order valence-electron chi connectivity index (χ3n) is 6.29. The van der Waals surface area contributed by atoms with Crippen molar-refractivity contribution in [2.75, 3.05) is 17.7 Å². The number of halogens is 1. The Morgan fingerprint density at radius 2 is 1.90 bits per heavy atom. The molecule has 1 aliphatic rings. The number of allylic oxidation sites excluding steroid dienone is 1. The molecule has 0 saturated carbocycles. The van der Waals surface area contributed by atoms with Crippen LogP contribution in [0.25, 0.3) is 0 Å². The number of aromatic nitrogens is 3. The lowest BCUT2D eigenvalue weighted by Crippen LogP contribution is -2.31. The van der Waals surface area contributed by atoms with E-state index in [1.807, 2.05) is 57.2 Å². The highest BCUT2D eigenvalue weighted by Crippen LogP contribution is 2.38. The number of benzene rings is 3. The van der Waals surface area contributed by atoms with Crippen molar-refractivity contribution in [1.82, 2.24) is 14.8 Å². The molecular weight excluding hydrogens is 529 g/mol. The number of hydrogen-bond acceptors (Lipinski definition) is 7. The van der Waals surface area contributed by atoms with Gasteiger partial charge in [-0.2, -0.15) is 4.98 Å². The fourth-order valence-corrected chi connectivity index (χ4v) is 5.34. The lowest BCUT2D eigenvalue weighted by molar-refractivity contribution is -0.113. The standard InChI is InChI=1S/C30H30FN5O3S/c1-18(2)39-22-12-9-11-20(16-22)27-26(28(37)33-24-14-7-8-15-25(24)38-4)19(3)32-29-34-30(35-36(27)29)40-17-21-10-5-6-13-23(21)31/h5-16,18,27H,17H2,1-4H3,(H,33,37)(H,32,34,35). The van der Waals surface area contributed by atoms with Gasteiger partial charge in [-0.25, -0.2) is 9.07 Å². The number of ether oxygens (including phenoxy) is 2. The van der Waals surface area contributed by atoms with Gasteiger partial charge in [0.1, 0.15) is 23.4 Å². The summed E-state index contributed by atoms with van der Waals surface area (Å²) in [6.07, 6.45) is -0.0165. The van der Waals surface area contributed by atoms with Crippen LogP contribution in [0, 0.1) is 5.82 Å². The van der Waals surface area contributed by atoms with E-state index in [9.17, 15) is 9.18 Å². The molecule has 0 radical (unpaired) electrons. The van der Waals surface area contributed by atoms with Gasteiger partial charge in [0.05, 0.1) is 24.5 Å². The second-order valence-electron chi connectivity index (χ2n) is 9.50. The first-order valence-corrected chi connectivity index (χ1v) is 13.8. The molecule has 206 valence electrons. The topological polar surface area (TPSA) is 90.3 Å². The Morgan fingerprint density at radius 3 is 2.67 bits per heavy atom. The van der Waals surface area contributed by atoms with E-state index in [2.05, 4.69) is 15.6 Å². The van der Waals surface area contributed by atoms with Crippen LogP contribution in [0.1, 0.15) is 37.9 Å². The summed E-state index contributed by atoms with van der Waals surface area (Å²) in [4.78, 5) is 18.5. The smallest absolute Gasteiger partial charge is 0.255 e. The fraction of sp³-hybridized carbons (Fsp3) is 0.233. The summed E-state index contributed by atoms with van der Waals surface area (Å²) in [5, 5.41) is 11.5. The van der Waals surface area contributed by atoms with Crippen molar-refractivity contribution in [2.45, 2.75) is 43.8 Å². The number of carbonyl (C=O) groups excluding carboxylic acids is 1. The van der Waals surface area contributed by atoms with Gasteiger partial charge in [-0.15, -0.1) is 5.10 Å². The number of hydrogen-bond donors (Lipinski definition) is 2. The number of carbonyl (C=O) groups is 1. The summed E-state index contributed by atoms with van der Waals surface area (Å²) in [5.41, 5.74) is 3.03. The summed E-state index contributed by atoms with van der Waals surface area (Å²) in [7, 11) is 1.56. The van der Waals surface area contributed by atoms with E-state index in [-0.39, 0.29) is 17.8 Å². The number of amides is 1. The number of nitrogens with zero attached hydrogens (tertiary/aromatic N) is 3. The Labute approximate surface area is 236 Å². The molecule has 10 heteroatoms. The average Bonchev–Trinajstić information content (AvgIpc) is 3.34. The van der Waals surface area contributed by atoms with Crippen LogP contribution < -0.4 is 20.1 Å². The number of fused-ring (bicyclic) bond motifs is 1. The number of para-hydroxylation sites is 2. The van der Waals surface area contributed by atoms with Crippen molar-refractivity contribution in [3.05, 3.63) is 101 Å². The van der Waals surface area contributed by atoms with Crippen molar-refractivity contribution >= 4 is 29.3 Å². The highest BCUT2D eigenvalue weighted by Gasteiger charge is 2.35. The highest BCUT2D eigenvalue weighted by atomic mass is 32.2. The van der Waals surface area contributed by atoms with E-state index in [0.29, 0.717) is 50.9 Å². The summed E-state index contributed by atoms with van der Waals surface area (Å²) in [6, 6.07) is 20.9. The van der Waals surface area contributed by atoms with Gasteiger partial charge in [0.25, 0.3) is 5.91 Å². The molecule has 1 aromatic heterocycles. The summed E-state index contributed by atoms with van der Waals surface area (Å²) < 4.78 is 27.3. The van der Waals surface area contributed by atoms with Crippen LogP contribution in [-0.2, 0) is 10.5 Å². The molecule has 3 aromatic carbocycles. The highest BCUT2D eigenvalue weighted by molar-refractivity contribution is 7.98. The summed E-state index contributed by atoms with van der Waals surface area (Å²) >= 11 is 1.33. The van der Waals surface area contributed by atoms with Gasteiger partial charge in [-0.1, -0.05) is 54.2 Å². The van der Waals surface area contributed by atoms with Gasteiger partial charge in [0.2, 0.25) is 11.1 Å². The summed E-state index contributed by atoms with van der Waals surface area (Å²) in [5.74, 6) is 1.51. The normalized spacial score (nSPS) is 14.5. The number of rotatable bonds is 9. The predicted octanol–water partition coefficient (Wildman–Crippen LogP) is 6.43. The second-order valence-corrected chi connectivity index (χ2v) is 10.4. The lowest BCUT2D eigenvalue weighted by Gasteiger charge is -2.29. The minimum atomic E-state index is -0.600. The lowest BCUT2D eigenvalue weighted by atomic mass is 9.94. The van der Waals surface area contributed by atoms with Crippen LogP contribution in [0.3, 0.4) is 0 Å². The van der Waals surface area contributed by atoms with E-state index in [0.717, 1.165) is 5.56 Å². The molecule has 0 fully saturated rings. The maximum atomic E-state index is 14.2. The molecule has 4 aromatic rings. The van der Waals surface area contributed by atoms with Crippen LogP contribution >= 0.6 is 11.8 Å². The van der Waals surface area contributed by atoms with E-state index in [4.69, 9.17) is 14.6 Å². The number of methoxy groups -OCH3 is 1. The Balaban J connectivity index is 1.52. The Hall–Kier alpha value is -4.31. The van der Waals surface area contributed by atoms with Gasteiger partial charge in [0.15, 0.2) is 0 Å². The third-order valence-corrected chi connectivity index (χ3v) is 7.18. The largest absolute Gasteiger partial charge is 0.495 e. The first-order chi connectivity index (χ1) is 19.3. The van der Waals surface area contributed by atoms with Gasteiger partial charge < -0.3 is 20.1 Å². The van der Waals surface area contributed by atoms with Crippen molar-refractivity contribution in [3.63, 3.8) is 0 Å². The number of nitrogens with one attached hydrogen (secondary N) is 2. The van der Waals surface area contributed by atoms with E-state index >= 15 is 0 Å². The predicted molar refractivity (Wildman–Crippen MR) is 154 cm³/mol. The molecular formula is C30H30FN5O3S. The van der Waals surface area contributed by atoms with E-state index < -0.39 is 6.04 Å². The molecule has 1 unspecified atom stereocenters. The molecule has 2 N–H and O–H groups in total. The zero-order chi connectivity index (χ0) is 28.2. The summed E-state index contributed by atoms with van der Waals surface area (Å²) in [6.45, 7) is 5.76. The molecule has 2 heterocycles. The van der Waals surface area contributed by atoms with Gasteiger partial charge in [-0.05, 0) is 62.2 Å². The Kier molecular flexibility index (Phi) is 8.06. The zero-order valence-electron chi connectivity index (χ0n) is 22.6. The van der Waals surface area contributed by atoms with Crippen molar-refractivity contribution in [3.8, 4) is 11.5 Å². The van der Waals surface area contributed by atoms with Crippen LogP contribution in [0.2, 0.25) is 0 Å². The molecule has 1 atom stereocenters. The van der Waals surface area contributed by atoms with Crippen molar-refractivity contribution in [1.29, 1.82) is 0 Å². The van der Waals surface area contributed by atoms with Crippen molar-refractivity contribution in [2.24, 2.45) is 0 Å². The molecule has 40 heavy (non-hydrogen) atoms. The number of thioether (sulfide) groups is 1. The minimum absolute atomic E-state index is 0.0165. The average molecular weight is 560 g/mol. The maximum Gasteiger partial charge on any atom is 0.255 e. The quantitative estimate of drug-likeness (QED) is 0.228. The van der Waals surface area contributed by atoms with Crippen LogP contribution in [0.5, 0.6) is 11.5 Å². The van der Waals surface area contributed by atoms with Gasteiger partial charge >= 0.3 is 0 Å².